The minimum absolute atomic E-state index is 0.0305. The van der Waals surface area contributed by atoms with Crippen LogP contribution in [0.5, 0.6) is 0 Å². The third-order valence-electron chi connectivity index (χ3n) is 3.14. The molecule has 1 heterocycles. The van der Waals surface area contributed by atoms with Crippen LogP contribution in [0.15, 0.2) is 0 Å². The molecule has 0 radical (unpaired) electrons. The fraction of sp³-hybridized carbons (Fsp3) is 0.769. The van der Waals surface area contributed by atoms with E-state index in [9.17, 15) is 15.2 Å². The van der Waals surface area contributed by atoms with E-state index >= 15 is 0 Å². The molecule has 0 bridgehead atoms. The summed E-state index contributed by atoms with van der Waals surface area (Å²) in [4.78, 5) is 12.8. The van der Waals surface area contributed by atoms with Gasteiger partial charge in [-0.2, -0.15) is 5.10 Å². The molecule has 0 amide bonds. The van der Waals surface area contributed by atoms with Gasteiger partial charge in [0, 0.05) is 19.6 Å². The third-order valence-corrected chi connectivity index (χ3v) is 3.14. The Morgan fingerprint density at radius 2 is 2.05 bits per heavy atom. The van der Waals surface area contributed by atoms with Gasteiger partial charge in [-0.05, 0) is 19.8 Å². The first-order valence-electron chi connectivity index (χ1n) is 7.14. The predicted octanol–water partition coefficient (Wildman–Crippen LogP) is 2.11. The molecule has 1 aromatic heterocycles. The number of hydrogen-bond donors (Lipinski definition) is 1. The molecule has 0 aromatic carbocycles. The van der Waals surface area contributed by atoms with Gasteiger partial charge < -0.3 is 10.0 Å². The standard InChI is InChI=1S/C13H24N4O3/c1-4-6-8-15(9-10-18)13-12(17(19)20)11(3)14-16(13)7-5-2/h18H,4-10H2,1-3H3. The lowest BCUT2D eigenvalue weighted by Gasteiger charge is -2.23. The summed E-state index contributed by atoms with van der Waals surface area (Å²) in [6.07, 6.45) is 2.77. The Balaban J connectivity index is 3.23. The molecule has 0 unspecified atom stereocenters. The fourth-order valence-corrected chi connectivity index (χ4v) is 2.25. The van der Waals surface area contributed by atoms with Crippen molar-refractivity contribution in [2.24, 2.45) is 0 Å². The van der Waals surface area contributed by atoms with Crippen molar-refractivity contribution in [3.05, 3.63) is 15.8 Å². The van der Waals surface area contributed by atoms with Gasteiger partial charge in [0.15, 0.2) is 0 Å². The van der Waals surface area contributed by atoms with Crippen molar-refractivity contribution in [1.29, 1.82) is 0 Å². The molecule has 1 rings (SSSR count). The average Bonchev–Trinajstić information content (AvgIpc) is 2.71. The summed E-state index contributed by atoms with van der Waals surface area (Å²) in [5.41, 5.74) is 0.487. The summed E-state index contributed by atoms with van der Waals surface area (Å²) in [5.74, 6) is 0.525. The number of hydrogen-bond acceptors (Lipinski definition) is 5. The van der Waals surface area contributed by atoms with Crippen LogP contribution in [0.25, 0.3) is 0 Å². The Morgan fingerprint density at radius 3 is 2.55 bits per heavy atom. The molecule has 0 aliphatic rings. The van der Waals surface area contributed by atoms with Crippen LogP contribution >= 0.6 is 0 Å². The van der Waals surface area contributed by atoms with Crippen LogP contribution in [0.1, 0.15) is 38.8 Å². The van der Waals surface area contributed by atoms with Crippen LogP contribution in [0.4, 0.5) is 11.5 Å². The van der Waals surface area contributed by atoms with E-state index in [1.807, 2.05) is 11.8 Å². The van der Waals surface area contributed by atoms with Crippen LogP contribution in [0.3, 0.4) is 0 Å². The second-order valence-corrected chi connectivity index (χ2v) is 4.80. The highest BCUT2D eigenvalue weighted by Crippen LogP contribution is 2.32. The Morgan fingerprint density at radius 1 is 1.35 bits per heavy atom. The van der Waals surface area contributed by atoms with Crippen molar-refractivity contribution in [3.8, 4) is 0 Å². The Labute approximate surface area is 119 Å². The highest BCUT2D eigenvalue weighted by Gasteiger charge is 2.28. The first-order chi connectivity index (χ1) is 9.56. The number of aromatic nitrogens is 2. The maximum atomic E-state index is 11.3. The maximum Gasteiger partial charge on any atom is 0.333 e. The lowest BCUT2D eigenvalue weighted by atomic mass is 10.3. The molecular formula is C13H24N4O3. The number of aliphatic hydroxyl groups is 1. The number of rotatable bonds is 9. The number of aliphatic hydroxyl groups excluding tert-OH is 1. The summed E-state index contributed by atoms with van der Waals surface area (Å²) >= 11 is 0. The van der Waals surface area contributed by atoms with E-state index in [1.165, 1.54) is 0 Å². The van der Waals surface area contributed by atoms with Crippen molar-refractivity contribution in [1.82, 2.24) is 9.78 Å². The summed E-state index contributed by atoms with van der Waals surface area (Å²) in [5, 5.41) is 24.8. The molecule has 7 heteroatoms. The summed E-state index contributed by atoms with van der Waals surface area (Å²) < 4.78 is 1.69. The zero-order chi connectivity index (χ0) is 15.1. The molecule has 1 aromatic rings. The Kier molecular flexibility index (Phi) is 6.44. The number of nitro groups is 1. The molecule has 114 valence electrons. The summed E-state index contributed by atoms with van der Waals surface area (Å²) in [6, 6.07) is 0. The highest BCUT2D eigenvalue weighted by molar-refractivity contribution is 5.61. The smallest absolute Gasteiger partial charge is 0.333 e. The fourth-order valence-electron chi connectivity index (χ4n) is 2.25. The lowest BCUT2D eigenvalue weighted by molar-refractivity contribution is -0.384. The molecule has 0 fully saturated rings. The molecule has 0 saturated heterocycles. The summed E-state index contributed by atoms with van der Waals surface area (Å²) in [6.45, 7) is 7.41. The number of unbranched alkanes of at least 4 members (excludes halogenated alkanes) is 1. The zero-order valence-electron chi connectivity index (χ0n) is 12.5. The molecule has 0 atom stereocenters. The van der Waals surface area contributed by atoms with Crippen LogP contribution in [-0.4, -0.2) is 39.5 Å². The number of nitrogens with zero attached hydrogens (tertiary/aromatic N) is 4. The molecule has 7 nitrogen and oxygen atoms in total. The van der Waals surface area contributed by atoms with E-state index in [-0.39, 0.29) is 17.2 Å². The number of anilines is 1. The van der Waals surface area contributed by atoms with Gasteiger partial charge >= 0.3 is 5.69 Å². The Hall–Kier alpha value is -1.63. The normalized spacial score (nSPS) is 10.8. The van der Waals surface area contributed by atoms with Gasteiger partial charge in [0.05, 0.1) is 11.5 Å². The van der Waals surface area contributed by atoms with Crippen molar-refractivity contribution in [2.45, 2.75) is 46.6 Å². The molecule has 0 spiro atoms. The van der Waals surface area contributed by atoms with Crippen LogP contribution in [0.2, 0.25) is 0 Å². The Bertz CT molecular complexity index is 445. The molecule has 0 saturated carbocycles. The van der Waals surface area contributed by atoms with Crippen molar-refractivity contribution in [2.75, 3.05) is 24.6 Å². The predicted molar refractivity (Wildman–Crippen MR) is 78.1 cm³/mol. The van der Waals surface area contributed by atoms with E-state index in [1.54, 1.807) is 11.6 Å². The molecular weight excluding hydrogens is 260 g/mol. The topological polar surface area (TPSA) is 84.4 Å². The highest BCUT2D eigenvalue weighted by atomic mass is 16.6. The van der Waals surface area contributed by atoms with Gasteiger partial charge in [0.1, 0.15) is 5.69 Å². The molecule has 1 N–H and O–H groups in total. The second-order valence-electron chi connectivity index (χ2n) is 4.80. The minimum Gasteiger partial charge on any atom is -0.395 e. The van der Waals surface area contributed by atoms with E-state index in [4.69, 9.17) is 0 Å². The van der Waals surface area contributed by atoms with Gasteiger partial charge in [-0.1, -0.05) is 20.3 Å². The van der Waals surface area contributed by atoms with Gasteiger partial charge in [0.2, 0.25) is 5.82 Å². The quantitative estimate of drug-likeness (QED) is 0.554. The van der Waals surface area contributed by atoms with E-state index in [2.05, 4.69) is 12.0 Å². The lowest BCUT2D eigenvalue weighted by Crippen LogP contribution is -2.30. The van der Waals surface area contributed by atoms with Crippen LogP contribution in [-0.2, 0) is 6.54 Å². The largest absolute Gasteiger partial charge is 0.395 e. The summed E-state index contributed by atoms with van der Waals surface area (Å²) in [7, 11) is 0. The molecule has 0 aliphatic carbocycles. The second kappa shape index (κ2) is 7.84. The van der Waals surface area contributed by atoms with Gasteiger partial charge in [0.25, 0.3) is 0 Å². The van der Waals surface area contributed by atoms with Crippen LogP contribution < -0.4 is 4.90 Å². The average molecular weight is 284 g/mol. The zero-order valence-corrected chi connectivity index (χ0v) is 12.5. The first kappa shape index (κ1) is 16.4. The maximum absolute atomic E-state index is 11.3. The van der Waals surface area contributed by atoms with Crippen molar-refractivity contribution >= 4 is 11.5 Å². The molecule has 20 heavy (non-hydrogen) atoms. The van der Waals surface area contributed by atoms with Gasteiger partial charge in [-0.3, -0.25) is 10.1 Å². The third kappa shape index (κ3) is 3.69. The first-order valence-corrected chi connectivity index (χ1v) is 7.14. The monoisotopic (exact) mass is 284 g/mol. The van der Waals surface area contributed by atoms with E-state index in [0.717, 1.165) is 19.3 Å². The van der Waals surface area contributed by atoms with Crippen molar-refractivity contribution < 1.29 is 10.0 Å². The number of aryl methyl sites for hydroxylation is 2. The van der Waals surface area contributed by atoms with Gasteiger partial charge in [-0.25, -0.2) is 4.68 Å². The van der Waals surface area contributed by atoms with Crippen molar-refractivity contribution in [3.63, 3.8) is 0 Å². The minimum atomic E-state index is -0.375. The van der Waals surface area contributed by atoms with Gasteiger partial charge in [-0.15, -0.1) is 0 Å². The van der Waals surface area contributed by atoms with Crippen LogP contribution in [0, 0.1) is 17.0 Å². The van der Waals surface area contributed by atoms with E-state index < -0.39 is 0 Å². The molecule has 0 aliphatic heterocycles. The van der Waals surface area contributed by atoms with E-state index in [0.29, 0.717) is 31.1 Å². The SMILES string of the molecule is CCCCN(CCO)c1c([N+](=O)[O-])c(C)nn1CCC.